The number of ether oxygens (including phenoxy) is 1. The summed E-state index contributed by atoms with van der Waals surface area (Å²) in [5, 5.41) is 0. The van der Waals surface area contributed by atoms with Gasteiger partial charge in [0, 0.05) is 24.7 Å². The summed E-state index contributed by atoms with van der Waals surface area (Å²) in [5.41, 5.74) is 1.72. The van der Waals surface area contributed by atoms with Gasteiger partial charge in [-0.15, -0.1) is 0 Å². The topological polar surface area (TPSA) is 91.5 Å². The van der Waals surface area contributed by atoms with Crippen LogP contribution in [0.4, 0.5) is 25.8 Å². The normalized spacial score (nSPS) is 16.1. The molecule has 0 radical (unpaired) electrons. The smallest absolute Gasteiger partial charge is 0.232 e. The number of rotatable bonds is 6. The fourth-order valence-electron chi connectivity index (χ4n) is 3.52. The predicted molar refractivity (Wildman–Crippen MR) is 117 cm³/mol. The standard InChI is InChI=1S/C22H21F2N3O4S/c1-3-32(29,30)26-15-5-7-20(31-19-6-4-14(23)10-16(19)24)18(11-15)27-12-13(2)22(28)21-17(27)8-9-25-21/h4-11,13,25-26H,3,12H2,1-2H3. The third-order valence-corrected chi connectivity index (χ3v) is 6.49. The minimum Gasteiger partial charge on any atom is -0.452 e. The van der Waals surface area contributed by atoms with Crippen molar-refractivity contribution in [3.05, 3.63) is 66.0 Å². The van der Waals surface area contributed by atoms with Gasteiger partial charge < -0.3 is 14.6 Å². The van der Waals surface area contributed by atoms with Gasteiger partial charge in [0.2, 0.25) is 10.0 Å². The highest BCUT2D eigenvalue weighted by Gasteiger charge is 2.32. The number of aromatic nitrogens is 1. The molecule has 4 rings (SSSR count). The molecule has 1 aliphatic rings. The van der Waals surface area contributed by atoms with Gasteiger partial charge in [-0.05, 0) is 43.3 Å². The Kier molecular flexibility index (Phi) is 5.64. The number of carbonyl (C=O) groups excluding carboxylic acids is 1. The average molecular weight is 461 g/mol. The van der Waals surface area contributed by atoms with E-state index in [1.165, 1.54) is 25.1 Å². The van der Waals surface area contributed by atoms with Crippen LogP contribution in [0.1, 0.15) is 24.3 Å². The zero-order valence-electron chi connectivity index (χ0n) is 17.4. The number of benzene rings is 2. The number of aromatic amines is 1. The quantitative estimate of drug-likeness (QED) is 0.549. The molecule has 10 heteroatoms. The Morgan fingerprint density at radius 2 is 1.88 bits per heavy atom. The molecule has 168 valence electrons. The van der Waals surface area contributed by atoms with Gasteiger partial charge in [-0.1, -0.05) is 6.92 Å². The van der Waals surface area contributed by atoms with Gasteiger partial charge in [0.05, 0.1) is 22.8 Å². The fourth-order valence-corrected chi connectivity index (χ4v) is 4.15. The molecular formula is C22H21F2N3O4S. The SMILES string of the molecule is CCS(=O)(=O)Nc1ccc(Oc2ccc(F)cc2F)c(N2CC(C)C(=O)c3[nH]ccc32)c1. The number of hydrogen-bond acceptors (Lipinski definition) is 5. The second-order valence-electron chi connectivity index (χ2n) is 7.48. The van der Waals surface area contributed by atoms with E-state index < -0.39 is 21.7 Å². The highest BCUT2D eigenvalue weighted by Crippen LogP contribution is 2.42. The Morgan fingerprint density at radius 3 is 2.59 bits per heavy atom. The second-order valence-corrected chi connectivity index (χ2v) is 9.49. The number of anilines is 3. The van der Waals surface area contributed by atoms with Crippen LogP contribution in [0, 0.1) is 17.6 Å². The number of hydrogen-bond donors (Lipinski definition) is 2. The molecule has 0 bridgehead atoms. The number of halogens is 2. The number of nitrogens with one attached hydrogen (secondary N) is 2. The highest BCUT2D eigenvalue weighted by molar-refractivity contribution is 7.92. The zero-order valence-corrected chi connectivity index (χ0v) is 18.2. The molecule has 32 heavy (non-hydrogen) atoms. The lowest BCUT2D eigenvalue weighted by Gasteiger charge is -2.33. The molecule has 0 amide bonds. The molecule has 1 aliphatic heterocycles. The number of H-pyrrole nitrogens is 1. The summed E-state index contributed by atoms with van der Waals surface area (Å²) in [6, 6.07) is 9.24. The van der Waals surface area contributed by atoms with Crippen LogP contribution in [0.3, 0.4) is 0 Å². The van der Waals surface area contributed by atoms with Crippen LogP contribution in [-0.4, -0.2) is 31.5 Å². The second kappa shape index (κ2) is 8.27. The molecule has 0 aliphatic carbocycles. The van der Waals surface area contributed by atoms with Crippen LogP contribution in [-0.2, 0) is 10.0 Å². The summed E-state index contributed by atoms with van der Waals surface area (Å²) in [7, 11) is -3.54. The first-order chi connectivity index (χ1) is 15.2. The largest absolute Gasteiger partial charge is 0.452 e. The van der Waals surface area contributed by atoms with E-state index in [0.717, 1.165) is 6.07 Å². The Morgan fingerprint density at radius 1 is 1.12 bits per heavy atom. The van der Waals surface area contributed by atoms with Crippen LogP contribution in [0.5, 0.6) is 11.5 Å². The van der Waals surface area contributed by atoms with Gasteiger partial charge in [-0.25, -0.2) is 17.2 Å². The van der Waals surface area contributed by atoms with Crippen LogP contribution in [0.25, 0.3) is 0 Å². The van der Waals surface area contributed by atoms with Gasteiger partial charge in [0.25, 0.3) is 0 Å². The molecule has 2 N–H and O–H groups in total. The van der Waals surface area contributed by atoms with E-state index in [4.69, 9.17) is 4.74 Å². The first-order valence-electron chi connectivity index (χ1n) is 9.95. The predicted octanol–water partition coefficient (Wildman–Crippen LogP) is 4.82. The molecule has 7 nitrogen and oxygen atoms in total. The zero-order chi connectivity index (χ0) is 23.0. The van der Waals surface area contributed by atoms with E-state index in [2.05, 4.69) is 9.71 Å². The van der Waals surface area contributed by atoms with Crippen LogP contribution in [0.2, 0.25) is 0 Å². The van der Waals surface area contributed by atoms with Crippen molar-refractivity contribution in [2.45, 2.75) is 13.8 Å². The summed E-state index contributed by atoms with van der Waals surface area (Å²) in [4.78, 5) is 17.3. The number of Topliss-reactive ketones (excluding diaryl/α,β-unsaturated/α-hetero) is 1. The lowest BCUT2D eigenvalue weighted by Crippen LogP contribution is -2.34. The third-order valence-electron chi connectivity index (χ3n) is 5.18. The first kappa shape index (κ1) is 21.8. The lowest BCUT2D eigenvalue weighted by atomic mass is 9.97. The van der Waals surface area contributed by atoms with Crippen LogP contribution < -0.4 is 14.4 Å². The number of nitrogens with zero attached hydrogens (tertiary/aromatic N) is 1. The van der Waals surface area contributed by atoms with Crippen LogP contribution >= 0.6 is 0 Å². The van der Waals surface area contributed by atoms with Crippen molar-refractivity contribution in [1.29, 1.82) is 0 Å². The summed E-state index contributed by atoms with van der Waals surface area (Å²) < 4.78 is 59.9. The number of sulfonamides is 1. The molecule has 2 heterocycles. The van der Waals surface area contributed by atoms with Crippen molar-refractivity contribution in [1.82, 2.24) is 4.98 Å². The summed E-state index contributed by atoms with van der Waals surface area (Å²) in [6.07, 6.45) is 1.64. The van der Waals surface area contributed by atoms with Crippen molar-refractivity contribution in [3.63, 3.8) is 0 Å². The molecule has 1 unspecified atom stereocenters. The van der Waals surface area contributed by atoms with Crippen molar-refractivity contribution in [2.75, 3.05) is 21.9 Å². The minimum atomic E-state index is -3.54. The highest BCUT2D eigenvalue weighted by atomic mass is 32.2. The van der Waals surface area contributed by atoms with E-state index in [-0.39, 0.29) is 34.6 Å². The number of fused-ring (bicyclic) bond motifs is 1. The van der Waals surface area contributed by atoms with Crippen molar-refractivity contribution in [2.24, 2.45) is 5.92 Å². The van der Waals surface area contributed by atoms with Gasteiger partial charge in [0.15, 0.2) is 23.1 Å². The summed E-state index contributed by atoms with van der Waals surface area (Å²) in [6.45, 7) is 3.60. The molecule has 0 saturated carbocycles. The van der Waals surface area contributed by atoms with Gasteiger partial charge in [-0.2, -0.15) is 0 Å². The Labute approximate surface area is 184 Å². The molecule has 0 saturated heterocycles. The van der Waals surface area contributed by atoms with Crippen molar-refractivity contribution in [3.8, 4) is 11.5 Å². The molecule has 1 atom stereocenters. The van der Waals surface area contributed by atoms with E-state index in [1.807, 2.05) is 0 Å². The molecule has 0 spiro atoms. The Balaban J connectivity index is 1.82. The maximum absolute atomic E-state index is 14.2. The Bertz CT molecular complexity index is 1290. The molecule has 3 aromatic rings. The maximum Gasteiger partial charge on any atom is 0.232 e. The van der Waals surface area contributed by atoms with E-state index in [0.29, 0.717) is 29.7 Å². The van der Waals surface area contributed by atoms with E-state index in [1.54, 1.807) is 30.2 Å². The number of carbonyl (C=O) groups is 1. The lowest BCUT2D eigenvalue weighted by molar-refractivity contribution is 0.0923. The van der Waals surface area contributed by atoms with Crippen LogP contribution in [0.15, 0.2) is 48.7 Å². The van der Waals surface area contributed by atoms with E-state index in [9.17, 15) is 22.0 Å². The van der Waals surface area contributed by atoms with Gasteiger partial charge >= 0.3 is 0 Å². The summed E-state index contributed by atoms with van der Waals surface area (Å²) in [5.74, 6) is -2.10. The van der Waals surface area contributed by atoms with Crippen molar-refractivity contribution >= 4 is 32.9 Å². The Hall–Kier alpha value is -3.40. The molecular weight excluding hydrogens is 440 g/mol. The fraction of sp³-hybridized carbons (Fsp3) is 0.227. The first-order valence-corrected chi connectivity index (χ1v) is 11.6. The maximum atomic E-state index is 14.2. The van der Waals surface area contributed by atoms with Crippen molar-refractivity contribution < 1.29 is 26.7 Å². The third kappa shape index (κ3) is 4.18. The number of ketones is 1. The summed E-state index contributed by atoms with van der Waals surface area (Å²) >= 11 is 0. The van der Waals surface area contributed by atoms with Gasteiger partial charge in [-0.3, -0.25) is 9.52 Å². The molecule has 0 fully saturated rings. The average Bonchev–Trinajstić information content (AvgIpc) is 3.24. The van der Waals surface area contributed by atoms with E-state index >= 15 is 0 Å². The molecule has 2 aromatic carbocycles. The molecule has 1 aromatic heterocycles. The minimum absolute atomic E-state index is 0.0452. The van der Waals surface area contributed by atoms with Gasteiger partial charge in [0.1, 0.15) is 11.5 Å². The monoisotopic (exact) mass is 461 g/mol.